The van der Waals surface area contributed by atoms with Gasteiger partial charge in [0.25, 0.3) is 0 Å². The molecule has 1 fully saturated rings. The number of aromatic nitrogens is 1. The Morgan fingerprint density at radius 3 is 2.62 bits per heavy atom. The SMILES string of the molecule is CCOc1ccccc1-c1nc(CC(=O)Nc2cccc(S(=O)(=O)N3CCCCCC3)c2)cs1. The molecule has 3 aromatic rings. The molecule has 9 heteroatoms. The highest BCUT2D eigenvalue weighted by Crippen LogP contribution is 2.32. The van der Waals surface area contributed by atoms with Crippen molar-refractivity contribution in [2.24, 2.45) is 0 Å². The number of carbonyl (C=O) groups excluding carboxylic acids is 1. The first-order valence-corrected chi connectivity index (χ1v) is 13.9. The van der Waals surface area contributed by atoms with Crippen molar-refractivity contribution < 1.29 is 17.9 Å². The summed E-state index contributed by atoms with van der Waals surface area (Å²) < 4.78 is 33.4. The number of hydrogen-bond acceptors (Lipinski definition) is 6. The standard InChI is InChI=1S/C25H29N3O4S2/c1-2-32-23-13-6-5-12-22(23)25-27-20(18-33-25)17-24(29)26-19-10-9-11-21(16-19)34(30,31)28-14-7-3-4-8-15-28/h5-6,9-13,16,18H,2-4,7-8,14-15,17H2,1H3,(H,26,29). The van der Waals surface area contributed by atoms with Gasteiger partial charge in [0.15, 0.2) is 0 Å². The fourth-order valence-corrected chi connectivity index (χ4v) is 6.38. The van der Waals surface area contributed by atoms with Crippen LogP contribution in [0.25, 0.3) is 10.6 Å². The minimum absolute atomic E-state index is 0.0937. The molecule has 1 aliphatic heterocycles. The van der Waals surface area contributed by atoms with Crippen molar-refractivity contribution in [2.45, 2.75) is 43.9 Å². The number of ether oxygens (including phenoxy) is 1. The molecule has 1 saturated heterocycles. The number of nitrogens with zero attached hydrogens (tertiary/aromatic N) is 2. The minimum atomic E-state index is -3.58. The predicted molar refractivity (Wildman–Crippen MR) is 135 cm³/mol. The summed E-state index contributed by atoms with van der Waals surface area (Å²) in [6, 6.07) is 14.2. The summed E-state index contributed by atoms with van der Waals surface area (Å²) >= 11 is 1.46. The van der Waals surface area contributed by atoms with Crippen LogP contribution in [0.3, 0.4) is 0 Å². The molecular weight excluding hydrogens is 470 g/mol. The summed E-state index contributed by atoms with van der Waals surface area (Å²) in [5, 5.41) is 5.47. The van der Waals surface area contributed by atoms with Gasteiger partial charge in [0, 0.05) is 24.2 Å². The normalized spacial score (nSPS) is 15.0. The number of hydrogen-bond donors (Lipinski definition) is 1. The molecule has 0 atom stereocenters. The van der Waals surface area contributed by atoms with Gasteiger partial charge in [0.05, 0.1) is 29.2 Å². The Morgan fingerprint density at radius 1 is 1.09 bits per heavy atom. The van der Waals surface area contributed by atoms with Crippen molar-refractivity contribution in [3.63, 3.8) is 0 Å². The Labute approximate surface area is 204 Å². The number of para-hydroxylation sites is 1. The molecule has 0 aliphatic carbocycles. The summed E-state index contributed by atoms with van der Waals surface area (Å²) in [4.78, 5) is 17.5. The Bertz CT molecular complexity index is 1230. The van der Waals surface area contributed by atoms with Crippen molar-refractivity contribution >= 4 is 33.0 Å². The van der Waals surface area contributed by atoms with E-state index in [1.54, 1.807) is 22.5 Å². The Hall–Kier alpha value is -2.75. The minimum Gasteiger partial charge on any atom is -0.493 e. The van der Waals surface area contributed by atoms with E-state index in [1.807, 2.05) is 36.6 Å². The van der Waals surface area contributed by atoms with Gasteiger partial charge < -0.3 is 10.1 Å². The molecule has 180 valence electrons. The number of benzene rings is 2. The molecule has 0 saturated carbocycles. The smallest absolute Gasteiger partial charge is 0.243 e. The maximum Gasteiger partial charge on any atom is 0.243 e. The van der Waals surface area contributed by atoms with Gasteiger partial charge in [-0.3, -0.25) is 4.79 Å². The molecule has 1 amide bonds. The number of sulfonamides is 1. The van der Waals surface area contributed by atoms with E-state index >= 15 is 0 Å². The lowest BCUT2D eigenvalue weighted by Gasteiger charge is -2.20. The molecule has 0 bridgehead atoms. The lowest BCUT2D eigenvalue weighted by atomic mass is 10.2. The fourth-order valence-electron chi connectivity index (χ4n) is 3.97. The van der Waals surface area contributed by atoms with Gasteiger partial charge >= 0.3 is 0 Å². The van der Waals surface area contributed by atoms with Gasteiger partial charge in [-0.25, -0.2) is 13.4 Å². The molecule has 1 aliphatic rings. The highest BCUT2D eigenvalue weighted by atomic mass is 32.2. The van der Waals surface area contributed by atoms with Crippen LogP contribution in [-0.4, -0.2) is 43.3 Å². The van der Waals surface area contributed by atoms with Crippen LogP contribution in [0.2, 0.25) is 0 Å². The fraction of sp³-hybridized carbons (Fsp3) is 0.360. The topological polar surface area (TPSA) is 88.6 Å². The van der Waals surface area contributed by atoms with Crippen LogP contribution in [0.5, 0.6) is 5.75 Å². The predicted octanol–water partition coefficient (Wildman–Crippen LogP) is 4.95. The summed E-state index contributed by atoms with van der Waals surface area (Å²) in [5.41, 5.74) is 2.00. The van der Waals surface area contributed by atoms with Gasteiger partial charge in [-0.2, -0.15) is 4.31 Å². The Balaban J connectivity index is 1.43. The molecule has 1 N–H and O–H groups in total. The third-order valence-corrected chi connectivity index (χ3v) is 8.45. The van der Waals surface area contributed by atoms with E-state index in [2.05, 4.69) is 10.3 Å². The molecular formula is C25H29N3O4S2. The van der Waals surface area contributed by atoms with E-state index in [9.17, 15) is 13.2 Å². The van der Waals surface area contributed by atoms with Crippen LogP contribution in [0.4, 0.5) is 5.69 Å². The van der Waals surface area contributed by atoms with E-state index in [0.717, 1.165) is 42.0 Å². The molecule has 2 aromatic carbocycles. The van der Waals surface area contributed by atoms with E-state index in [-0.39, 0.29) is 17.2 Å². The Kier molecular flexibility index (Phi) is 7.97. The zero-order chi connectivity index (χ0) is 24.0. The molecule has 7 nitrogen and oxygen atoms in total. The molecule has 1 aromatic heterocycles. The van der Waals surface area contributed by atoms with Crippen LogP contribution in [0, 0.1) is 0 Å². The van der Waals surface area contributed by atoms with E-state index in [4.69, 9.17) is 4.74 Å². The average Bonchev–Trinajstić information content (AvgIpc) is 3.10. The molecule has 0 spiro atoms. The van der Waals surface area contributed by atoms with Crippen LogP contribution in [0.15, 0.2) is 58.8 Å². The van der Waals surface area contributed by atoms with Gasteiger partial charge in [-0.05, 0) is 50.1 Å². The number of rotatable bonds is 8. The third-order valence-electron chi connectivity index (χ3n) is 5.63. The first kappa shape index (κ1) is 24.4. The number of thiazole rings is 1. The average molecular weight is 500 g/mol. The molecule has 4 rings (SSSR count). The largest absolute Gasteiger partial charge is 0.493 e. The van der Waals surface area contributed by atoms with Crippen molar-refractivity contribution in [3.05, 3.63) is 59.6 Å². The quantitative estimate of drug-likeness (QED) is 0.474. The highest BCUT2D eigenvalue weighted by Gasteiger charge is 2.25. The Morgan fingerprint density at radius 2 is 1.85 bits per heavy atom. The molecule has 0 unspecified atom stereocenters. The van der Waals surface area contributed by atoms with Crippen molar-refractivity contribution in [1.29, 1.82) is 0 Å². The molecule has 34 heavy (non-hydrogen) atoms. The van der Waals surface area contributed by atoms with Crippen LogP contribution >= 0.6 is 11.3 Å². The maximum absolute atomic E-state index is 13.1. The van der Waals surface area contributed by atoms with Crippen LogP contribution < -0.4 is 10.1 Å². The van der Waals surface area contributed by atoms with Crippen LogP contribution in [-0.2, 0) is 21.2 Å². The van der Waals surface area contributed by atoms with E-state index in [1.165, 1.54) is 17.4 Å². The number of nitrogens with one attached hydrogen (secondary N) is 1. The molecule has 2 heterocycles. The van der Waals surface area contributed by atoms with Crippen LogP contribution in [0.1, 0.15) is 38.3 Å². The van der Waals surface area contributed by atoms with Crippen molar-refractivity contribution in [3.8, 4) is 16.3 Å². The number of carbonyl (C=O) groups is 1. The number of anilines is 1. The molecule has 0 radical (unpaired) electrons. The zero-order valence-electron chi connectivity index (χ0n) is 19.2. The lowest BCUT2D eigenvalue weighted by molar-refractivity contribution is -0.115. The zero-order valence-corrected chi connectivity index (χ0v) is 20.8. The van der Waals surface area contributed by atoms with E-state index in [0.29, 0.717) is 31.1 Å². The highest BCUT2D eigenvalue weighted by molar-refractivity contribution is 7.89. The van der Waals surface area contributed by atoms with Gasteiger partial charge in [0.1, 0.15) is 10.8 Å². The van der Waals surface area contributed by atoms with Crippen molar-refractivity contribution in [2.75, 3.05) is 25.0 Å². The second kappa shape index (κ2) is 11.1. The third kappa shape index (κ3) is 5.84. The lowest BCUT2D eigenvalue weighted by Crippen LogP contribution is -2.32. The summed E-state index contributed by atoms with van der Waals surface area (Å²) in [6.07, 6.45) is 3.95. The second-order valence-electron chi connectivity index (χ2n) is 8.14. The first-order valence-electron chi connectivity index (χ1n) is 11.5. The van der Waals surface area contributed by atoms with Gasteiger partial charge in [-0.1, -0.05) is 31.0 Å². The second-order valence-corrected chi connectivity index (χ2v) is 10.9. The maximum atomic E-state index is 13.1. The van der Waals surface area contributed by atoms with Gasteiger partial charge in [-0.15, -0.1) is 11.3 Å². The van der Waals surface area contributed by atoms with E-state index < -0.39 is 10.0 Å². The summed E-state index contributed by atoms with van der Waals surface area (Å²) in [7, 11) is -3.58. The number of amides is 1. The van der Waals surface area contributed by atoms with Crippen molar-refractivity contribution in [1.82, 2.24) is 9.29 Å². The first-order chi connectivity index (χ1) is 16.5. The van der Waals surface area contributed by atoms with Gasteiger partial charge in [0.2, 0.25) is 15.9 Å². The summed E-state index contributed by atoms with van der Waals surface area (Å²) in [6.45, 7) is 3.57. The monoisotopic (exact) mass is 499 g/mol. The summed E-state index contributed by atoms with van der Waals surface area (Å²) in [5.74, 6) is 0.511.